The molecule has 5 heteroatoms. The number of nitrogens with two attached hydrogens (primary N) is 1. The van der Waals surface area contributed by atoms with Gasteiger partial charge in [0.2, 0.25) is 5.78 Å². The van der Waals surface area contributed by atoms with Crippen molar-refractivity contribution in [3.63, 3.8) is 0 Å². The number of carbonyl (C=O) groups excluding carboxylic acids is 1. The molecule has 3 aromatic rings. The van der Waals surface area contributed by atoms with Crippen LogP contribution in [0.15, 0.2) is 54.7 Å². The molecule has 0 bridgehead atoms. The van der Waals surface area contributed by atoms with E-state index in [0.29, 0.717) is 22.2 Å². The van der Waals surface area contributed by atoms with E-state index in [-0.39, 0.29) is 11.5 Å². The molecule has 0 aliphatic rings. The number of hydrogen-bond donors (Lipinski definition) is 2. The zero-order valence-corrected chi connectivity index (χ0v) is 13.1. The molecule has 0 saturated carbocycles. The Kier molecular flexibility index (Phi) is 4.00. The minimum Gasteiger partial charge on any atom is -0.481 e. The molecule has 3 rings (SSSR count). The van der Waals surface area contributed by atoms with Gasteiger partial charge in [-0.15, -0.1) is 0 Å². The third-order valence-electron chi connectivity index (χ3n) is 4.03. The fraction of sp³-hybridized carbons (Fsp3) is 0.105. The minimum absolute atomic E-state index is 0.243. The van der Waals surface area contributed by atoms with E-state index in [1.54, 1.807) is 43.3 Å². The largest absolute Gasteiger partial charge is 0.481 e. The van der Waals surface area contributed by atoms with Gasteiger partial charge in [0, 0.05) is 22.8 Å². The van der Waals surface area contributed by atoms with Crippen LogP contribution in [0.1, 0.15) is 34.5 Å². The summed E-state index contributed by atoms with van der Waals surface area (Å²) in [6.45, 7) is 1.60. The number of carbonyl (C=O) groups is 2. The second-order valence-electron chi connectivity index (χ2n) is 5.62. The first kappa shape index (κ1) is 15.7. The van der Waals surface area contributed by atoms with Crippen molar-refractivity contribution in [2.75, 3.05) is 5.73 Å². The molecule has 120 valence electrons. The fourth-order valence-corrected chi connectivity index (χ4v) is 2.69. The quantitative estimate of drug-likeness (QED) is 0.568. The molecule has 1 heterocycles. The number of pyridine rings is 1. The van der Waals surface area contributed by atoms with Gasteiger partial charge in [-0.1, -0.05) is 36.4 Å². The second kappa shape index (κ2) is 6.12. The van der Waals surface area contributed by atoms with E-state index in [1.807, 2.05) is 12.1 Å². The molecule has 3 N–H and O–H groups in total. The highest BCUT2D eigenvalue weighted by Crippen LogP contribution is 2.28. The maximum absolute atomic E-state index is 12.8. The molecule has 0 spiro atoms. The van der Waals surface area contributed by atoms with E-state index in [0.717, 1.165) is 5.39 Å². The standard InChI is InChI=1S/C19H16N2O3/c1-11(19(23)24)16-10-21-17(15-8-3-2-7-14(15)16)18(22)12-5-4-6-13(20)9-12/h2-11H,20H2,1H3,(H,23,24). The molecule has 24 heavy (non-hydrogen) atoms. The predicted molar refractivity (Wildman–Crippen MR) is 92.1 cm³/mol. The lowest BCUT2D eigenvalue weighted by atomic mass is 9.94. The monoisotopic (exact) mass is 320 g/mol. The SMILES string of the molecule is CC(C(=O)O)c1cnc(C(=O)c2cccc(N)c2)c2ccccc12. The summed E-state index contributed by atoms with van der Waals surface area (Å²) in [7, 11) is 0. The Balaban J connectivity index is 2.19. The van der Waals surface area contributed by atoms with Gasteiger partial charge in [-0.25, -0.2) is 0 Å². The number of rotatable bonds is 4. The van der Waals surface area contributed by atoms with Crippen LogP contribution in [0.5, 0.6) is 0 Å². The van der Waals surface area contributed by atoms with E-state index >= 15 is 0 Å². The Labute approximate surface area is 138 Å². The first-order valence-electron chi connectivity index (χ1n) is 7.49. The normalized spacial score (nSPS) is 12.0. The van der Waals surface area contributed by atoms with Crippen LogP contribution in [0, 0.1) is 0 Å². The van der Waals surface area contributed by atoms with Crippen LogP contribution in [0.3, 0.4) is 0 Å². The molecular weight excluding hydrogens is 304 g/mol. The summed E-state index contributed by atoms with van der Waals surface area (Å²) in [5.41, 5.74) is 7.57. The van der Waals surface area contributed by atoms with E-state index < -0.39 is 11.9 Å². The number of hydrogen-bond acceptors (Lipinski definition) is 4. The van der Waals surface area contributed by atoms with Gasteiger partial charge < -0.3 is 10.8 Å². The van der Waals surface area contributed by atoms with E-state index in [4.69, 9.17) is 5.73 Å². The second-order valence-corrected chi connectivity index (χ2v) is 5.62. The molecule has 0 aliphatic carbocycles. The lowest BCUT2D eigenvalue weighted by Gasteiger charge is -2.13. The Morgan fingerprint density at radius 3 is 2.46 bits per heavy atom. The maximum atomic E-state index is 12.8. The Morgan fingerprint density at radius 2 is 1.79 bits per heavy atom. The number of nitrogen functional groups attached to an aromatic ring is 1. The summed E-state index contributed by atoms with van der Waals surface area (Å²) >= 11 is 0. The summed E-state index contributed by atoms with van der Waals surface area (Å²) in [5.74, 6) is -1.89. The van der Waals surface area contributed by atoms with Crippen LogP contribution in [-0.2, 0) is 4.79 Å². The van der Waals surface area contributed by atoms with Gasteiger partial charge in [0.1, 0.15) is 5.69 Å². The van der Waals surface area contributed by atoms with Gasteiger partial charge in [-0.2, -0.15) is 0 Å². The Hall–Kier alpha value is -3.21. The van der Waals surface area contributed by atoms with Gasteiger partial charge >= 0.3 is 5.97 Å². The number of fused-ring (bicyclic) bond motifs is 1. The van der Waals surface area contributed by atoms with Crippen LogP contribution in [-0.4, -0.2) is 21.8 Å². The van der Waals surface area contributed by atoms with Gasteiger partial charge in [0.25, 0.3) is 0 Å². The van der Waals surface area contributed by atoms with Crippen molar-refractivity contribution in [3.8, 4) is 0 Å². The van der Waals surface area contributed by atoms with E-state index in [9.17, 15) is 14.7 Å². The summed E-state index contributed by atoms with van der Waals surface area (Å²) < 4.78 is 0. The molecule has 1 atom stereocenters. The number of nitrogens with zero attached hydrogens (tertiary/aromatic N) is 1. The molecule has 0 saturated heterocycles. The molecule has 5 nitrogen and oxygen atoms in total. The molecule has 0 radical (unpaired) electrons. The number of aliphatic carboxylic acids is 1. The number of carboxylic acid groups (broad SMARTS) is 1. The molecule has 0 aliphatic heterocycles. The number of carboxylic acids is 1. The van der Waals surface area contributed by atoms with Crippen LogP contribution < -0.4 is 5.73 Å². The van der Waals surface area contributed by atoms with E-state index in [1.165, 1.54) is 6.20 Å². The summed E-state index contributed by atoms with van der Waals surface area (Å²) in [5, 5.41) is 10.6. The average Bonchev–Trinajstić information content (AvgIpc) is 2.59. The number of benzene rings is 2. The average molecular weight is 320 g/mol. The summed E-state index contributed by atoms with van der Waals surface area (Å²) in [6.07, 6.45) is 1.47. The first-order chi connectivity index (χ1) is 11.5. The van der Waals surface area contributed by atoms with Crippen LogP contribution in [0.2, 0.25) is 0 Å². The summed E-state index contributed by atoms with van der Waals surface area (Å²) in [6, 6.07) is 13.9. The number of ketones is 1. The van der Waals surface area contributed by atoms with Crippen molar-refractivity contribution in [1.82, 2.24) is 4.98 Å². The van der Waals surface area contributed by atoms with Crippen molar-refractivity contribution in [1.29, 1.82) is 0 Å². The lowest BCUT2D eigenvalue weighted by Crippen LogP contribution is -2.11. The maximum Gasteiger partial charge on any atom is 0.310 e. The van der Waals surface area contributed by atoms with Crippen molar-refractivity contribution >= 4 is 28.2 Å². The van der Waals surface area contributed by atoms with Gasteiger partial charge in [0.15, 0.2) is 0 Å². The van der Waals surface area contributed by atoms with Crippen molar-refractivity contribution in [3.05, 3.63) is 71.5 Å². The highest BCUT2D eigenvalue weighted by molar-refractivity contribution is 6.15. The summed E-state index contributed by atoms with van der Waals surface area (Å²) in [4.78, 5) is 28.4. The molecule has 1 aromatic heterocycles. The smallest absolute Gasteiger partial charge is 0.310 e. The third kappa shape index (κ3) is 2.72. The van der Waals surface area contributed by atoms with Crippen molar-refractivity contribution in [2.24, 2.45) is 0 Å². The Bertz CT molecular complexity index is 950. The third-order valence-corrected chi connectivity index (χ3v) is 4.03. The molecule has 1 unspecified atom stereocenters. The Morgan fingerprint density at radius 1 is 1.08 bits per heavy atom. The van der Waals surface area contributed by atoms with Crippen molar-refractivity contribution < 1.29 is 14.7 Å². The zero-order valence-electron chi connectivity index (χ0n) is 13.1. The van der Waals surface area contributed by atoms with Crippen LogP contribution >= 0.6 is 0 Å². The molecule has 2 aromatic carbocycles. The fourth-order valence-electron chi connectivity index (χ4n) is 2.69. The van der Waals surface area contributed by atoms with Gasteiger partial charge in [-0.3, -0.25) is 14.6 Å². The minimum atomic E-state index is -0.933. The number of anilines is 1. The highest BCUT2D eigenvalue weighted by Gasteiger charge is 2.21. The molecule has 0 amide bonds. The zero-order chi connectivity index (χ0) is 17.3. The molecule has 0 fully saturated rings. The lowest BCUT2D eigenvalue weighted by molar-refractivity contribution is -0.138. The first-order valence-corrected chi connectivity index (χ1v) is 7.49. The topological polar surface area (TPSA) is 93.3 Å². The predicted octanol–water partition coefficient (Wildman–Crippen LogP) is 3.24. The van der Waals surface area contributed by atoms with Crippen LogP contribution in [0.4, 0.5) is 5.69 Å². The van der Waals surface area contributed by atoms with E-state index in [2.05, 4.69) is 4.98 Å². The number of aromatic nitrogens is 1. The highest BCUT2D eigenvalue weighted by atomic mass is 16.4. The molecular formula is C19H16N2O3. The van der Waals surface area contributed by atoms with Gasteiger partial charge in [-0.05, 0) is 30.0 Å². The van der Waals surface area contributed by atoms with Crippen molar-refractivity contribution in [2.45, 2.75) is 12.8 Å². The van der Waals surface area contributed by atoms with Gasteiger partial charge in [0.05, 0.1) is 5.92 Å². The van der Waals surface area contributed by atoms with Crippen LogP contribution in [0.25, 0.3) is 10.8 Å².